The highest BCUT2D eigenvalue weighted by atomic mass is 15.0. The predicted octanol–water partition coefficient (Wildman–Crippen LogP) is -0.882. The summed E-state index contributed by atoms with van der Waals surface area (Å²) in [6, 6.07) is 0. The first kappa shape index (κ1) is 15.9. The summed E-state index contributed by atoms with van der Waals surface area (Å²) in [6.45, 7) is 11.0. The molecule has 5 N–H and O–H groups in total. The molecule has 108 valence electrons. The van der Waals surface area contributed by atoms with Crippen LogP contribution < -0.4 is 26.6 Å². The molecule has 0 bridgehead atoms. The first-order valence-electron chi connectivity index (χ1n) is 7.54. The lowest BCUT2D eigenvalue weighted by molar-refractivity contribution is 0.530. The number of rotatable bonds is 0. The van der Waals surface area contributed by atoms with Crippen molar-refractivity contribution >= 4 is 0 Å². The van der Waals surface area contributed by atoms with Gasteiger partial charge in [0.15, 0.2) is 0 Å². The van der Waals surface area contributed by atoms with Crippen molar-refractivity contribution in [2.45, 2.75) is 19.3 Å². The van der Waals surface area contributed by atoms with E-state index in [1.54, 1.807) is 0 Å². The lowest BCUT2D eigenvalue weighted by Crippen LogP contribution is -2.34. The van der Waals surface area contributed by atoms with Gasteiger partial charge in [0.1, 0.15) is 0 Å². The minimum atomic E-state index is 1.07. The molecule has 1 rings (SSSR count). The summed E-state index contributed by atoms with van der Waals surface area (Å²) in [5.41, 5.74) is 0. The molecule has 18 heavy (non-hydrogen) atoms. The zero-order valence-corrected chi connectivity index (χ0v) is 11.7. The Morgan fingerprint density at radius 1 is 0.278 bits per heavy atom. The van der Waals surface area contributed by atoms with Crippen LogP contribution in [0.5, 0.6) is 0 Å². The molecule has 0 atom stereocenters. The van der Waals surface area contributed by atoms with Gasteiger partial charge in [0.25, 0.3) is 0 Å². The lowest BCUT2D eigenvalue weighted by atomic mass is 10.3. The predicted molar refractivity (Wildman–Crippen MR) is 78.2 cm³/mol. The third-order valence-corrected chi connectivity index (χ3v) is 3.08. The Labute approximate surface area is 112 Å². The monoisotopic (exact) mass is 257 g/mol. The molecule has 0 amide bonds. The Morgan fingerprint density at radius 2 is 0.500 bits per heavy atom. The smallest absolute Gasteiger partial charge is 0.00772 e. The fourth-order valence-electron chi connectivity index (χ4n) is 1.99. The third-order valence-electron chi connectivity index (χ3n) is 3.08. The topological polar surface area (TPSA) is 60.1 Å². The average Bonchev–Trinajstić information content (AvgIpc) is 2.39. The van der Waals surface area contributed by atoms with Crippen LogP contribution in [0.3, 0.4) is 0 Å². The van der Waals surface area contributed by atoms with Crippen LogP contribution in [-0.2, 0) is 0 Å². The minimum absolute atomic E-state index is 1.07. The summed E-state index contributed by atoms with van der Waals surface area (Å²) in [7, 11) is 0. The number of nitrogens with one attached hydrogen (secondary N) is 5. The van der Waals surface area contributed by atoms with Gasteiger partial charge in [0.2, 0.25) is 0 Å². The van der Waals surface area contributed by atoms with Crippen molar-refractivity contribution in [3.05, 3.63) is 0 Å². The minimum Gasteiger partial charge on any atom is -0.317 e. The van der Waals surface area contributed by atoms with Crippen LogP contribution in [0.25, 0.3) is 0 Å². The van der Waals surface area contributed by atoms with Crippen LogP contribution in [0.2, 0.25) is 0 Å². The molecular formula is C13H31N5. The van der Waals surface area contributed by atoms with Gasteiger partial charge in [-0.1, -0.05) is 0 Å². The molecule has 1 aliphatic heterocycles. The molecule has 0 aromatic heterocycles. The fraction of sp³-hybridized carbons (Fsp3) is 1.00. The van der Waals surface area contributed by atoms with Gasteiger partial charge in [-0.25, -0.2) is 0 Å². The molecule has 0 spiro atoms. The summed E-state index contributed by atoms with van der Waals surface area (Å²) in [6.07, 6.45) is 3.66. The van der Waals surface area contributed by atoms with Crippen LogP contribution in [-0.4, -0.2) is 65.4 Å². The lowest BCUT2D eigenvalue weighted by Gasteiger charge is -2.10. The summed E-state index contributed by atoms with van der Waals surface area (Å²) in [5, 5.41) is 17.3. The maximum Gasteiger partial charge on any atom is 0.00772 e. The molecule has 0 unspecified atom stereocenters. The van der Waals surface area contributed by atoms with E-state index in [9.17, 15) is 0 Å². The van der Waals surface area contributed by atoms with E-state index >= 15 is 0 Å². The Hall–Kier alpha value is -0.200. The van der Waals surface area contributed by atoms with Crippen molar-refractivity contribution in [3.63, 3.8) is 0 Å². The van der Waals surface area contributed by atoms with Crippen LogP contribution in [0.15, 0.2) is 0 Å². The van der Waals surface area contributed by atoms with Gasteiger partial charge in [-0.05, 0) is 58.5 Å². The highest BCUT2D eigenvalue weighted by Gasteiger charge is 1.93. The molecule has 0 aromatic rings. The Bertz CT molecular complexity index is 90.4. The second kappa shape index (κ2) is 13.2. The van der Waals surface area contributed by atoms with Crippen molar-refractivity contribution in [1.82, 2.24) is 26.6 Å². The maximum absolute atomic E-state index is 3.48. The second-order valence-corrected chi connectivity index (χ2v) is 4.81. The van der Waals surface area contributed by atoms with E-state index in [-0.39, 0.29) is 0 Å². The van der Waals surface area contributed by atoms with Gasteiger partial charge in [-0.2, -0.15) is 0 Å². The summed E-state index contributed by atoms with van der Waals surface area (Å²) < 4.78 is 0. The first-order valence-corrected chi connectivity index (χ1v) is 7.54. The van der Waals surface area contributed by atoms with Crippen molar-refractivity contribution < 1.29 is 0 Å². The van der Waals surface area contributed by atoms with Crippen molar-refractivity contribution in [1.29, 1.82) is 0 Å². The fourth-order valence-corrected chi connectivity index (χ4v) is 1.99. The third kappa shape index (κ3) is 10.9. The molecule has 5 heteroatoms. The average molecular weight is 257 g/mol. The molecule has 0 aromatic carbocycles. The van der Waals surface area contributed by atoms with Crippen LogP contribution in [0, 0.1) is 0 Å². The largest absolute Gasteiger partial charge is 0.317 e. The Balaban J connectivity index is 2.00. The van der Waals surface area contributed by atoms with Crippen molar-refractivity contribution in [3.8, 4) is 0 Å². The van der Waals surface area contributed by atoms with Crippen LogP contribution >= 0.6 is 0 Å². The van der Waals surface area contributed by atoms with Gasteiger partial charge in [-0.15, -0.1) is 0 Å². The van der Waals surface area contributed by atoms with Crippen molar-refractivity contribution in [2.24, 2.45) is 0 Å². The summed E-state index contributed by atoms with van der Waals surface area (Å²) in [4.78, 5) is 0. The summed E-state index contributed by atoms with van der Waals surface area (Å²) >= 11 is 0. The van der Waals surface area contributed by atoms with E-state index < -0.39 is 0 Å². The highest BCUT2D eigenvalue weighted by Crippen LogP contribution is 1.79. The van der Waals surface area contributed by atoms with E-state index in [1.165, 1.54) is 19.3 Å². The molecule has 0 aliphatic carbocycles. The van der Waals surface area contributed by atoms with E-state index in [4.69, 9.17) is 0 Å². The Morgan fingerprint density at radius 3 is 0.833 bits per heavy atom. The van der Waals surface area contributed by atoms with E-state index in [0.29, 0.717) is 0 Å². The zero-order chi connectivity index (χ0) is 12.7. The normalized spacial score (nSPS) is 24.0. The highest BCUT2D eigenvalue weighted by molar-refractivity contribution is 4.58. The molecule has 5 nitrogen and oxygen atoms in total. The number of hydrogen-bond acceptors (Lipinski definition) is 5. The van der Waals surface area contributed by atoms with E-state index in [1.807, 2.05) is 0 Å². The maximum atomic E-state index is 3.48. The standard InChI is InChI=1S/C13H31N5/c1-4-14-6-2-8-16-10-12-18-13-11-17-9-3-7-15-5-1/h14-18H,1-13H2. The summed E-state index contributed by atoms with van der Waals surface area (Å²) in [5.74, 6) is 0. The van der Waals surface area contributed by atoms with Crippen molar-refractivity contribution in [2.75, 3.05) is 65.4 Å². The molecule has 0 radical (unpaired) electrons. The molecule has 1 saturated heterocycles. The molecule has 1 heterocycles. The van der Waals surface area contributed by atoms with E-state index in [0.717, 1.165) is 65.4 Å². The molecular weight excluding hydrogens is 226 g/mol. The van der Waals surface area contributed by atoms with Gasteiger partial charge in [-0.3, -0.25) is 0 Å². The molecule has 1 fully saturated rings. The van der Waals surface area contributed by atoms with Gasteiger partial charge in [0, 0.05) is 26.2 Å². The van der Waals surface area contributed by atoms with Crippen LogP contribution in [0.1, 0.15) is 19.3 Å². The SMILES string of the molecule is C1CNCCCNCCNCCNCCCNC1. The molecule has 0 saturated carbocycles. The van der Waals surface area contributed by atoms with Gasteiger partial charge < -0.3 is 26.6 Å². The quantitative estimate of drug-likeness (QED) is 0.390. The van der Waals surface area contributed by atoms with Gasteiger partial charge in [0.05, 0.1) is 0 Å². The second-order valence-electron chi connectivity index (χ2n) is 4.81. The molecule has 1 aliphatic rings. The number of hydrogen-bond donors (Lipinski definition) is 5. The Kier molecular flexibility index (Phi) is 11.7. The zero-order valence-electron chi connectivity index (χ0n) is 11.7. The van der Waals surface area contributed by atoms with E-state index in [2.05, 4.69) is 26.6 Å². The van der Waals surface area contributed by atoms with Crippen LogP contribution in [0.4, 0.5) is 0 Å². The first-order chi connectivity index (χ1) is 9.00. The van der Waals surface area contributed by atoms with Gasteiger partial charge >= 0.3 is 0 Å².